The quantitative estimate of drug-likeness (QED) is 0.625. The molecule has 0 spiro atoms. The zero-order valence-corrected chi connectivity index (χ0v) is 20.8. The number of hydrogen-bond donors (Lipinski definition) is 0. The van der Waals surface area contributed by atoms with E-state index in [0.29, 0.717) is 42.4 Å². The van der Waals surface area contributed by atoms with Gasteiger partial charge in [0.25, 0.3) is 5.91 Å². The number of rotatable bonds is 6. The Morgan fingerprint density at radius 3 is 2.15 bits per heavy atom. The lowest BCUT2D eigenvalue weighted by molar-refractivity contribution is -0.119. The maximum atomic E-state index is 13.1. The summed E-state index contributed by atoms with van der Waals surface area (Å²) >= 11 is 0. The first-order chi connectivity index (χ1) is 16.3. The smallest absolute Gasteiger partial charge is 0.253 e. The molecule has 0 aromatic heterocycles. The third-order valence-corrected chi connectivity index (χ3v) is 8.89. The molecule has 182 valence electrons. The van der Waals surface area contributed by atoms with Crippen molar-refractivity contribution in [1.29, 1.82) is 0 Å². The molecule has 34 heavy (non-hydrogen) atoms. The van der Waals surface area contributed by atoms with Gasteiger partial charge in [0.05, 0.1) is 4.90 Å². The minimum Gasteiger partial charge on any atom is -0.336 e. The average Bonchev–Trinajstić information content (AvgIpc) is 2.88. The lowest BCUT2D eigenvalue weighted by atomic mass is 9.99. The summed E-state index contributed by atoms with van der Waals surface area (Å²) in [6, 6.07) is 14.3. The van der Waals surface area contributed by atoms with E-state index in [1.807, 2.05) is 24.3 Å². The Morgan fingerprint density at radius 1 is 0.912 bits per heavy atom. The van der Waals surface area contributed by atoms with Gasteiger partial charge in [0.1, 0.15) is 0 Å². The van der Waals surface area contributed by atoms with E-state index in [4.69, 9.17) is 0 Å². The van der Waals surface area contributed by atoms with Crippen molar-refractivity contribution in [2.45, 2.75) is 50.3 Å². The van der Waals surface area contributed by atoms with E-state index >= 15 is 0 Å². The number of benzene rings is 2. The second kappa shape index (κ2) is 10.3. The molecular weight excluding hydrogens is 450 g/mol. The molecule has 4 rings (SSSR count). The largest absolute Gasteiger partial charge is 0.336 e. The van der Waals surface area contributed by atoms with Gasteiger partial charge in [0.2, 0.25) is 15.9 Å². The summed E-state index contributed by atoms with van der Waals surface area (Å²) in [5.41, 5.74) is 2.49. The molecule has 2 saturated heterocycles. The van der Waals surface area contributed by atoms with Crippen molar-refractivity contribution in [1.82, 2.24) is 9.21 Å². The number of carbonyl (C=O) groups excluding carboxylic acids is 2. The molecule has 0 bridgehead atoms. The van der Waals surface area contributed by atoms with Crippen LogP contribution in [0.1, 0.15) is 61.4 Å². The molecule has 2 aliphatic rings. The summed E-state index contributed by atoms with van der Waals surface area (Å²) in [6.45, 7) is 6.16. The fourth-order valence-corrected chi connectivity index (χ4v) is 5.95. The van der Waals surface area contributed by atoms with Crippen molar-refractivity contribution < 1.29 is 18.0 Å². The maximum Gasteiger partial charge on any atom is 0.253 e. The molecule has 0 unspecified atom stereocenters. The minimum absolute atomic E-state index is 0.119. The summed E-state index contributed by atoms with van der Waals surface area (Å²) < 4.78 is 27.6. The SMILES string of the molecule is CC[C@H](C)c1ccc(S(=O)(=O)N2CCN(C(=O)c3ccc(N4CCCCC4=O)cc3)CC2)cc1. The van der Waals surface area contributed by atoms with Crippen LogP contribution in [0, 0.1) is 0 Å². The molecular formula is C26H33N3O4S. The van der Waals surface area contributed by atoms with Crippen molar-refractivity contribution in [2.24, 2.45) is 0 Å². The summed E-state index contributed by atoms with van der Waals surface area (Å²) in [4.78, 5) is 28.9. The van der Waals surface area contributed by atoms with E-state index in [2.05, 4.69) is 13.8 Å². The summed E-state index contributed by atoms with van der Waals surface area (Å²) in [7, 11) is -3.59. The van der Waals surface area contributed by atoms with E-state index in [9.17, 15) is 18.0 Å². The maximum absolute atomic E-state index is 13.1. The van der Waals surface area contributed by atoms with Gasteiger partial charge in [-0.1, -0.05) is 26.0 Å². The molecule has 0 radical (unpaired) electrons. The van der Waals surface area contributed by atoms with E-state index in [-0.39, 0.29) is 24.9 Å². The molecule has 2 heterocycles. The molecule has 2 aromatic carbocycles. The van der Waals surface area contributed by atoms with Crippen molar-refractivity contribution >= 4 is 27.5 Å². The van der Waals surface area contributed by atoms with Gasteiger partial charge >= 0.3 is 0 Å². The Hall–Kier alpha value is -2.71. The predicted molar refractivity (Wildman–Crippen MR) is 132 cm³/mol. The molecule has 7 nitrogen and oxygen atoms in total. The zero-order valence-electron chi connectivity index (χ0n) is 19.9. The molecule has 0 saturated carbocycles. The topological polar surface area (TPSA) is 78.0 Å². The van der Waals surface area contributed by atoms with Crippen LogP contribution in [0.15, 0.2) is 53.4 Å². The number of piperazine rings is 1. The Bertz CT molecular complexity index is 1120. The highest BCUT2D eigenvalue weighted by molar-refractivity contribution is 7.89. The number of piperidine rings is 1. The number of anilines is 1. The van der Waals surface area contributed by atoms with E-state index in [1.54, 1.807) is 34.1 Å². The van der Waals surface area contributed by atoms with Crippen molar-refractivity contribution in [2.75, 3.05) is 37.6 Å². The molecule has 0 N–H and O–H groups in total. The highest BCUT2D eigenvalue weighted by Crippen LogP contribution is 2.24. The molecule has 8 heteroatoms. The summed E-state index contributed by atoms with van der Waals surface area (Å²) in [5.74, 6) is 0.393. The zero-order chi connectivity index (χ0) is 24.3. The highest BCUT2D eigenvalue weighted by Gasteiger charge is 2.30. The molecule has 1 atom stereocenters. The number of hydrogen-bond acceptors (Lipinski definition) is 4. The fraction of sp³-hybridized carbons (Fsp3) is 0.462. The minimum atomic E-state index is -3.59. The molecule has 2 fully saturated rings. The van der Waals surface area contributed by atoms with Crippen LogP contribution >= 0.6 is 0 Å². The van der Waals surface area contributed by atoms with Crippen molar-refractivity contribution in [3.8, 4) is 0 Å². The van der Waals surface area contributed by atoms with Crippen LogP contribution in [0.4, 0.5) is 5.69 Å². The second-order valence-corrected chi connectivity index (χ2v) is 11.1. The third-order valence-electron chi connectivity index (χ3n) is 6.97. The number of nitrogens with zero attached hydrogens (tertiary/aromatic N) is 3. The first-order valence-electron chi connectivity index (χ1n) is 12.1. The van der Waals surface area contributed by atoms with Gasteiger partial charge in [-0.25, -0.2) is 8.42 Å². The average molecular weight is 484 g/mol. The lowest BCUT2D eigenvalue weighted by Gasteiger charge is -2.34. The van der Waals surface area contributed by atoms with Crippen LogP contribution in [-0.4, -0.2) is 62.2 Å². The van der Waals surface area contributed by atoms with E-state index < -0.39 is 10.0 Å². The summed E-state index contributed by atoms with van der Waals surface area (Å²) in [6.07, 6.45) is 3.48. The van der Waals surface area contributed by atoms with Crippen LogP contribution < -0.4 is 4.90 Å². The number of sulfonamides is 1. The van der Waals surface area contributed by atoms with Gasteiger partial charge < -0.3 is 9.80 Å². The van der Waals surface area contributed by atoms with Gasteiger partial charge in [0.15, 0.2) is 0 Å². The van der Waals surface area contributed by atoms with Gasteiger partial charge in [-0.2, -0.15) is 4.31 Å². The number of carbonyl (C=O) groups is 2. The van der Waals surface area contributed by atoms with Crippen LogP contribution in [-0.2, 0) is 14.8 Å². The van der Waals surface area contributed by atoms with Gasteiger partial charge in [-0.15, -0.1) is 0 Å². The monoisotopic (exact) mass is 483 g/mol. The Labute approximate surface area is 202 Å². The fourth-order valence-electron chi connectivity index (χ4n) is 4.53. The van der Waals surface area contributed by atoms with Crippen molar-refractivity contribution in [3.05, 3.63) is 59.7 Å². The van der Waals surface area contributed by atoms with Crippen LogP contribution in [0.2, 0.25) is 0 Å². The first kappa shape index (κ1) is 24.4. The molecule has 2 amide bonds. The van der Waals surface area contributed by atoms with Crippen LogP contribution in [0.3, 0.4) is 0 Å². The Morgan fingerprint density at radius 2 is 1.56 bits per heavy atom. The normalized spacial score (nSPS) is 18.7. The predicted octanol–water partition coefficient (Wildman–Crippen LogP) is 3.86. The highest BCUT2D eigenvalue weighted by atomic mass is 32.2. The summed E-state index contributed by atoms with van der Waals surface area (Å²) in [5, 5.41) is 0. The van der Waals surface area contributed by atoms with Crippen LogP contribution in [0.5, 0.6) is 0 Å². The molecule has 2 aromatic rings. The molecule has 0 aliphatic carbocycles. The van der Waals surface area contributed by atoms with E-state index in [1.165, 1.54) is 4.31 Å². The number of amides is 2. The van der Waals surface area contributed by atoms with Gasteiger partial charge in [0, 0.05) is 50.4 Å². The first-order valence-corrected chi connectivity index (χ1v) is 13.5. The van der Waals surface area contributed by atoms with E-state index in [0.717, 1.165) is 30.5 Å². The van der Waals surface area contributed by atoms with Gasteiger partial charge in [-0.05, 0) is 67.1 Å². The Balaban J connectivity index is 1.37. The third kappa shape index (κ3) is 5.03. The molecule has 2 aliphatic heterocycles. The van der Waals surface area contributed by atoms with Crippen LogP contribution in [0.25, 0.3) is 0 Å². The standard InChI is InChI=1S/C26H33N3O4S/c1-3-20(2)21-9-13-24(14-10-21)34(32,33)28-18-16-27(17-19-28)26(31)22-7-11-23(12-8-22)29-15-5-4-6-25(29)30/h7-14,20H,3-6,15-19H2,1-2H3/t20-/m0/s1. The lowest BCUT2D eigenvalue weighted by Crippen LogP contribution is -2.50. The van der Waals surface area contributed by atoms with Crippen molar-refractivity contribution in [3.63, 3.8) is 0 Å². The second-order valence-electron chi connectivity index (χ2n) is 9.12. The van der Waals surface area contributed by atoms with Gasteiger partial charge in [-0.3, -0.25) is 9.59 Å². The Kier molecular flexibility index (Phi) is 7.38.